The molecule has 0 saturated heterocycles. The number of ether oxygens (including phenoxy) is 1. The maximum absolute atomic E-state index is 10.9. The van der Waals surface area contributed by atoms with E-state index < -0.39 is 0 Å². The van der Waals surface area contributed by atoms with E-state index in [1.165, 1.54) is 0 Å². The minimum absolute atomic E-state index is 0.0246. The van der Waals surface area contributed by atoms with Gasteiger partial charge in [-0.2, -0.15) is 0 Å². The first-order valence-electron chi connectivity index (χ1n) is 3.94. The molecule has 0 aromatic heterocycles. The summed E-state index contributed by atoms with van der Waals surface area (Å²) in [6.45, 7) is 7.61. The lowest BCUT2D eigenvalue weighted by atomic mass is 10.2. The van der Waals surface area contributed by atoms with Crippen LogP contribution in [0.3, 0.4) is 0 Å². The molecule has 0 unspecified atom stereocenters. The summed E-state index contributed by atoms with van der Waals surface area (Å²) < 4.78 is 4.91. The largest absolute Gasteiger partial charge is 0.460 e. The highest BCUT2D eigenvalue weighted by atomic mass is 16.5. The van der Waals surface area contributed by atoms with Crippen molar-refractivity contribution >= 4 is 5.97 Å². The summed E-state index contributed by atoms with van der Waals surface area (Å²) in [6, 6.07) is 0. The predicted molar refractivity (Wildman–Crippen MR) is 45.3 cm³/mol. The topological polar surface area (TPSA) is 26.3 Å². The van der Waals surface area contributed by atoms with Gasteiger partial charge in [-0.3, -0.25) is 0 Å². The molecule has 0 radical (unpaired) electrons. The van der Waals surface area contributed by atoms with Crippen LogP contribution in [0.4, 0.5) is 0 Å². The van der Waals surface area contributed by atoms with Gasteiger partial charge in [0.05, 0.1) is 6.10 Å². The molecule has 0 aromatic carbocycles. The first kappa shape index (κ1) is 10.2. The van der Waals surface area contributed by atoms with Crippen LogP contribution in [0.1, 0.15) is 34.1 Å². The van der Waals surface area contributed by atoms with Crippen molar-refractivity contribution in [2.45, 2.75) is 40.2 Å². The molecule has 0 rings (SSSR count). The second-order valence-corrected chi connectivity index (χ2v) is 2.83. The van der Waals surface area contributed by atoms with E-state index in [2.05, 4.69) is 0 Å². The van der Waals surface area contributed by atoms with Gasteiger partial charge < -0.3 is 4.74 Å². The zero-order valence-corrected chi connectivity index (χ0v) is 7.68. The smallest absolute Gasteiger partial charge is 0.330 e. The van der Waals surface area contributed by atoms with E-state index in [1.54, 1.807) is 6.08 Å². The molecule has 0 aliphatic rings. The van der Waals surface area contributed by atoms with Crippen molar-refractivity contribution in [3.05, 3.63) is 11.6 Å². The number of rotatable bonds is 3. The molecule has 11 heavy (non-hydrogen) atoms. The third-order valence-corrected chi connectivity index (χ3v) is 1.27. The number of hydrogen-bond acceptors (Lipinski definition) is 2. The van der Waals surface area contributed by atoms with Gasteiger partial charge in [0.1, 0.15) is 0 Å². The van der Waals surface area contributed by atoms with Gasteiger partial charge in [0.15, 0.2) is 0 Å². The Morgan fingerprint density at radius 3 is 2.45 bits per heavy atom. The normalized spacial score (nSPS) is 11.9. The second-order valence-electron chi connectivity index (χ2n) is 2.83. The fourth-order valence-electron chi connectivity index (χ4n) is 0.570. The quantitative estimate of drug-likeness (QED) is 0.463. The summed E-state index contributed by atoms with van der Waals surface area (Å²) in [5.74, 6) is -0.237. The minimum Gasteiger partial charge on any atom is -0.460 e. The fourth-order valence-corrected chi connectivity index (χ4v) is 0.570. The molecule has 0 N–H and O–H groups in total. The summed E-state index contributed by atoms with van der Waals surface area (Å²) >= 11 is 0. The van der Waals surface area contributed by atoms with Gasteiger partial charge in [-0.1, -0.05) is 12.5 Å². The van der Waals surface area contributed by atoms with Crippen LogP contribution < -0.4 is 0 Å². The lowest BCUT2D eigenvalue weighted by Crippen LogP contribution is -2.08. The van der Waals surface area contributed by atoms with Crippen molar-refractivity contribution in [3.63, 3.8) is 0 Å². The van der Waals surface area contributed by atoms with Gasteiger partial charge in [-0.15, -0.1) is 0 Å². The Morgan fingerprint density at radius 2 is 2.09 bits per heavy atom. The Balaban J connectivity index is 3.86. The molecule has 64 valence electrons. The van der Waals surface area contributed by atoms with E-state index >= 15 is 0 Å². The van der Waals surface area contributed by atoms with Gasteiger partial charge >= 0.3 is 5.97 Å². The van der Waals surface area contributed by atoms with Crippen molar-refractivity contribution in [3.8, 4) is 0 Å². The van der Waals surface area contributed by atoms with Gasteiger partial charge in [-0.25, -0.2) is 4.79 Å². The van der Waals surface area contributed by atoms with Crippen LogP contribution in [-0.2, 0) is 9.53 Å². The van der Waals surface area contributed by atoms with Crippen LogP contribution in [0.2, 0.25) is 0 Å². The summed E-state index contributed by atoms with van der Waals surface area (Å²) in [5, 5.41) is 0. The first-order valence-corrected chi connectivity index (χ1v) is 3.94. The fraction of sp³-hybridized carbons (Fsp3) is 0.667. The monoisotopic (exact) mass is 156 g/mol. The molecule has 0 spiro atoms. The third-order valence-electron chi connectivity index (χ3n) is 1.27. The summed E-state index contributed by atoms with van der Waals surface area (Å²) in [4.78, 5) is 10.9. The highest BCUT2D eigenvalue weighted by Crippen LogP contribution is 1.99. The minimum atomic E-state index is -0.237. The molecule has 0 aromatic rings. The Morgan fingerprint density at radius 1 is 1.55 bits per heavy atom. The first-order chi connectivity index (χ1) is 5.06. The molecule has 0 heterocycles. The van der Waals surface area contributed by atoms with Crippen LogP contribution in [-0.4, -0.2) is 12.1 Å². The van der Waals surface area contributed by atoms with E-state index in [9.17, 15) is 4.79 Å². The van der Waals surface area contributed by atoms with Crippen LogP contribution in [0.5, 0.6) is 0 Å². The van der Waals surface area contributed by atoms with E-state index in [4.69, 9.17) is 4.74 Å². The van der Waals surface area contributed by atoms with Crippen molar-refractivity contribution in [2.24, 2.45) is 0 Å². The average Bonchev–Trinajstić information content (AvgIpc) is 1.85. The lowest BCUT2D eigenvalue weighted by molar-refractivity contribution is -0.141. The van der Waals surface area contributed by atoms with Crippen molar-refractivity contribution < 1.29 is 9.53 Å². The Hall–Kier alpha value is -0.790. The van der Waals surface area contributed by atoms with Crippen LogP contribution in [0.25, 0.3) is 0 Å². The molecule has 0 saturated carbocycles. The Kier molecular flexibility index (Phi) is 4.59. The predicted octanol–water partition coefficient (Wildman–Crippen LogP) is 2.29. The summed E-state index contributed by atoms with van der Waals surface area (Å²) in [6.07, 6.45) is 2.41. The maximum Gasteiger partial charge on any atom is 0.330 e. The van der Waals surface area contributed by atoms with Crippen molar-refractivity contribution in [1.82, 2.24) is 0 Å². The number of hydrogen-bond donors (Lipinski definition) is 0. The molecular formula is C9H16O2. The molecule has 0 fully saturated rings. The van der Waals surface area contributed by atoms with Crippen molar-refractivity contribution in [2.75, 3.05) is 0 Å². The number of carbonyl (C=O) groups excluding carboxylic acids is 1. The maximum atomic E-state index is 10.9. The summed E-state index contributed by atoms with van der Waals surface area (Å²) in [7, 11) is 0. The van der Waals surface area contributed by atoms with E-state index in [-0.39, 0.29) is 12.1 Å². The molecule has 2 heteroatoms. The Bertz CT molecular complexity index is 157. The molecule has 0 amide bonds. The van der Waals surface area contributed by atoms with E-state index in [1.807, 2.05) is 27.7 Å². The van der Waals surface area contributed by atoms with Gasteiger partial charge in [0.2, 0.25) is 0 Å². The van der Waals surface area contributed by atoms with E-state index in [0.717, 1.165) is 12.0 Å². The lowest BCUT2D eigenvalue weighted by Gasteiger charge is -2.04. The zero-order valence-electron chi connectivity index (χ0n) is 7.68. The van der Waals surface area contributed by atoms with Crippen LogP contribution >= 0.6 is 0 Å². The standard InChI is InChI=1S/C9H16O2/c1-5-8(4)6-9(10)11-7(2)3/h6-7H,5H2,1-4H3/b8-6-. The zero-order chi connectivity index (χ0) is 8.85. The van der Waals surface area contributed by atoms with Crippen molar-refractivity contribution in [1.29, 1.82) is 0 Å². The molecule has 2 nitrogen and oxygen atoms in total. The molecular weight excluding hydrogens is 140 g/mol. The van der Waals surface area contributed by atoms with Gasteiger partial charge in [-0.05, 0) is 27.2 Å². The number of esters is 1. The SMILES string of the molecule is CC/C(C)=C\C(=O)OC(C)C. The molecule has 0 atom stereocenters. The highest BCUT2D eigenvalue weighted by molar-refractivity contribution is 5.82. The highest BCUT2D eigenvalue weighted by Gasteiger charge is 2.00. The Labute approximate surface area is 68.2 Å². The van der Waals surface area contributed by atoms with E-state index in [0.29, 0.717) is 0 Å². The van der Waals surface area contributed by atoms with Gasteiger partial charge in [0, 0.05) is 6.08 Å². The van der Waals surface area contributed by atoms with Crippen LogP contribution in [0.15, 0.2) is 11.6 Å². The molecule has 0 aliphatic heterocycles. The number of carbonyl (C=O) groups is 1. The molecule has 0 aliphatic carbocycles. The third kappa shape index (κ3) is 5.64. The second kappa shape index (κ2) is 4.94. The number of allylic oxidation sites excluding steroid dienone is 1. The van der Waals surface area contributed by atoms with Crippen LogP contribution in [0, 0.1) is 0 Å². The summed E-state index contributed by atoms with van der Waals surface area (Å²) in [5.41, 5.74) is 1.05. The average molecular weight is 156 g/mol. The molecule has 0 bridgehead atoms. The van der Waals surface area contributed by atoms with Gasteiger partial charge in [0.25, 0.3) is 0 Å².